The number of rotatable bonds is 5. The van der Waals surface area contributed by atoms with Crippen molar-refractivity contribution in [3.05, 3.63) is 40.0 Å². The van der Waals surface area contributed by atoms with Gasteiger partial charge in [-0.3, -0.25) is 0 Å². The number of urea groups is 1. The molecule has 0 radical (unpaired) electrons. The standard InChI is InChI=1S/C20H26Cl2N6O/c1-12-11-23-19(27-18(12)28(2)3)24-13-7-9-14(10-8-13)25-20(29)26-16-6-4-5-15(21)17(16)22/h4-6,11,13-14H,7-10H2,1-3H3,(H,23,24,27)(H2,25,26,29). The van der Waals surface area contributed by atoms with Crippen LogP contribution in [0.4, 0.5) is 22.2 Å². The quantitative estimate of drug-likeness (QED) is 0.632. The van der Waals surface area contributed by atoms with Crippen LogP contribution in [0.15, 0.2) is 24.4 Å². The van der Waals surface area contributed by atoms with E-state index in [-0.39, 0.29) is 18.1 Å². The smallest absolute Gasteiger partial charge is 0.319 e. The number of anilines is 3. The number of amides is 2. The van der Waals surface area contributed by atoms with Gasteiger partial charge in [-0.15, -0.1) is 0 Å². The maximum absolute atomic E-state index is 12.3. The summed E-state index contributed by atoms with van der Waals surface area (Å²) in [6.07, 6.45) is 5.44. The van der Waals surface area contributed by atoms with Crippen molar-refractivity contribution >= 4 is 46.7 Å². The number of aromatic nitrogens is 2. The molecule has 0 aliphatic heterocycles. The molecule has 2 amide bonds. The molecule has 9 heteroatoms. The molecule has 1 heterocycles. The maximum atomic E-state index is 12.3. The molecule has 1 aromatic carbocycles. The van der Waals surface area contributed by atoms with Gasteiger partial charge in [0.05, 0.1) is 15.7 Å². The lowest BCUT2D eigenvalue weighted by atomic mass is 9.91. The third kappa shape index (κ3) is 5.64. The van der Waals surface area contributed by atoms with Gasteiger partial charge in [-0.25, -0.2) is 9.78 Å². The van der Waals surface area contributed by atoms with Crippen LogP contribution in [0.25, 0.3) is 0 Å². The minimum absolute atomic E-state index is 0.113. The number of benzene rings is 1. The number of aryl methyl sites for hydroxylation is 1. The number of halogens is 2. The molecule has 0 bridgehead atoms. The number of carbonyl (C=O) groups is 1. The Kier molecular flexibility index (Phi) is 7.03. The van der Waals surface area contributed by atoms with Gasteiger partial charge in [0.1, 0.15) is 5.82 Å². The van der Waals surface area contributed by atoms with Crippen LogP contribution in [0, 0.1) is 6.92 Å². The second-order valence-electron chi connectivity index (χ2n) is 7.49. The molecule has 1 aromatic heterocycles. The van der Waals surface area contributed by atoms with Crippen molar-refractivity contribution in [3.8, 4) is 0 Å². The van der Waals surface area contributed by atoms with Crippen molar-refractivity contribution in [2.75, 3.05) is 29.6 Å². The van der Waals surface area contributed by atoms with Crippen molar-refractivity contribution < 1.29 is 4.79 Å². The zero-order valence-corrected chi connectivity index (χ0v) is 18.3. The van der Waals surface area contributed by atoms with E-state index in [1.165, 1.54) is 0 Å². The summed E-state index contributed by atoms with van der Waals surface area (Å²) < 4.78 is 0. The molecule has 3 rings (SSSR count). The number of nitrogens with zero attached hydrogens (tertiary/aromatic N) is 3. The van der Waals surface area contributed by atoms with E-state index in [2.05, 4.69) is 25.9 Å². The fourth-order valence-electron chi connectivity index (χ4n) is 3.46. The summed E-state index contributed by atoms with van der Waals surface area (Å²) in [6, 6.07) is 5.27. The van der Waals surface area contributed by atoms with Crippen molar-refractivity contribution in [2.45, 2.75) is 44.7 Å². The van der Waals surface area contributed by atoms with Gasteiger partial charge < -0.3 is 20.9 Å². The third-order valence-electron chi connectivity index (χ3n) is 4.96. The summed E-state index contributed by atoms with van der Waals surface area (Å²) in [5.74, 6) is 1.55. The molecule has 1 saturated carbocycles. The van der Waals surface area contributed by atoms with Crippen molar-refractivity contribution in [1.82, 2.24) is 15.3 Å². The van der Waals surface area contributed by atoms with E-state index in [1.807, 2.05) is 32.1 Å². The summed E-state index contributed by atoms with van der Waals surface area (Å²) in [5, 5.41) is 9.95. The Balaban J connectivity index is 1.48. The van der Waals surface area contributed by atoms with E-state index in [9.17, 15) is 4.79 Å². The number of carbonyl (C=O) groups excluding carboxylic acids is 1. The average molecular weight is 437 g/mol. The number of hydrogen-bond acceptors (Lipinski definition) is 5. The molecule has 0 spiro atoms. The molecular formula is C20H26Cl2N6O. The first-order valence-corrected chi connectivity index (χ1v) is 10.4. The summed E-state index contributed by atoms with van der Waals surface area (Å²) in [7, 11) is 3.94. The van der Waals surface area contributed by atoms with Crippen LogP contribution in [-0.4, -0.2) is 42.2 Å². The molecule has 0 atom stereocenters. The first kappa shape index (κ1) is 21.5. The summed E-state index contributed by atoms with van der Waals surface area (Å²) >= 11 is 12.1. The van der Waals surface area contributed by atoms with Crippen LogP contribution in [0.3, 0.4) is 0 Å². The summed E-state index contributed by atoms with van der Waals surface area (Å²) in [5.41, 5.74) is 1.54. The molecule has 0 unspecified atom stereocenters. The van der Waals surface area contributed by atoms with Gasteiger partial charge in [-0.05, 0) is 44.7 Å². The fourth-order valence-corrected chi connectivity index (χ4v) is 3.81. The van der Waals surface area contributed by atoms with Crippen LogP contribution >= 0.6 is 23.2 Å². The van der Waals surface area contributed by atoms with E-state index in [1.54, 1.807) is 18.2 Å². The first-order chi connectivity index (χ1) is 13.8. The molecule has 2 aromatic rings. The molecule has 29 heavy (non-hydrogen) atoms. The topological polar surface area (TPSA) is 82.2 Å². The minimum Gasteiger partial charge on any atom is -0.362 e. The number of hydrogen-bond donors (Lipinski definition) is 3. The van der Waals surface area contributed by atoms with Gasteiger partial charge in [-0.2, -0.15) is 4.98 Å². The van der Waals surface area contributed by atoms with Crippen LogP contribution < -0.4 is 20.9 Å². The van der Waals surface area contributed by atoms with Gasteiger partial charge in [0.25, 0.3) is 0 Å². The fraction of sp³-hybridized carbons (Fsp3) is 0.450. The lowest BCUT2D eigenvalue weighted by molar-refractivity contribution is 0.243. The molecule has 1 aliphatic carbocycles. The molecule has 1 fully saturated rings. The third-order valence-corrected chi connectivity index (χ3v) is 5.78. The normalized spacial score (nSPS) is 18.8. The van der Waals surface area contributed by atoms with Crippen LogP contribution in [0.1, 0.15) is 31.2 Å². The van der Waals surface area contributed by atoms with Crippen LogP contribution in [-0.2, 0) is 0 Å². The number of nitrogens with one attached hydrogen (secondary N) is 3. The molecule has 156 valence electrons. The molecule has 1 aliphatic rings. The van der Waals surface area contributed by atoms with Gasteiger partial charge in [0, 0.05) is 37.9 Å². The second kappa shape index (κ2) is 9.50. The van der Waals surface area contributed by atoms with Gasteiger partial charge >= 0.3 is 6.03 Å². The highest BCUT2D eigenvalue weighted by atomic mass is 35.5. The maximum Gasteiger partial charge on any atom is 0.319 e. The van der Waals surface area contributed by atoms with E-state index in [0.29, 0.717) is 21.7 Å². The Hall–Kier alpha value is -2.25. The Labute approximate surface area is 181 Å². The summed E-state index contributed by atoms with van der Waals surface area (Å²) in [6.45, 7) is 2.00. The molecule has 3 N–H and O–H groups in total. The molecular weight excluding hydrogens is 411 g/mol. The summed E-state index contributed by atoms with van der Waals surface area (Å²) in [4.78, 5) is 23.3. The predicted octanol–water partition coefficient (Wildman–Crippen LogP) is 4.70. The molecule has 7 nitrogen and oxygen atoms in total. The van der Waals surface area contributed by atoms with Gasteiger partial charge in [0.15, 0.2) is 0 Å². The van der Waals surface area contributed by atoms with Crippen molar-refractivity contribution in [3.63, 3.8) is 0 Å². The largest absolute Gasteiger partial charge is 0.362 e. The lowest BCUT2D eigenvalue weighted by Crippen LogP contribution is -2.42. The van der Waals surface area contributed by atoms with Crippen LogP contribution in [0.2, 0.25) is 10.0 Å². The highest BCUT2D eigenvalue weighted by Gasteiger charge is 2.23. The minimum atomic E-state index is -0.275. The van der Waals surface area contributed by atoms with Crippen molar-refractivity contribution in [2.24, 2.45) is 0 Å². The lowest BCUT2D eigenvalue weighted by Gasteiger charge is -2.30. The predicted molar refractivity (Wildman–Crippen MR) is 119 cm³/mol. The van der Waals surface area contributed by atoms with E-state index >= 15 is 0 Å². The SMILES string of the molecule is Cc1cnc(NC2CCC(NC(=O)Nc3cccc(Cl)c3Cl)CC2)nc1N(C)C. The Morgan fingerprint density at radius 1 is 1.14 bits per heavy atom. The zero-order valence-electron chi connectivity index (χ0n) is 16.8. The van der Waals surface area contributed by atoms with Crippen LogP contribution in [0.5, 0.6) is 0 Å². The zero-order chi connectivity index (χ0) is 21.0. The first-order valence-electron chi connectivity index (χ1n) is 9.62. The van der Waals surface area contributed by atoms with Gasteiger partial charge in [-0.1, -0.05) is 29.3 Å². The Morgan fingerprint density at radius 3 is 2.52 bits per heavy atom. The Bertz CT molecular complexity index is 868. The second-order valence-corrected chi connectivity index (χ2v) is 8.27. The average Bonchev–Trinajstić information content (AvgIpc) is 2.68. The van der Waals surface area contributed by atoms with Crippen molar-refractivity contribution in [1.29, 1.82) is 0 Å². The van der Waals surface area contributed by atoms with E-state index in [0.717, 1.165) is 37.1 Å². The monoisotopic (exact) mass is 436 g/mol. The highest BCUT2D eigenvalue weighted by molar-refractivity contribution is 6.43. The van der Waals surface area contributed by atoms with E-state index in [4.69, 9.17) is 23.2 Å². The Morgan fingerprint density at radius 2 is 1.83 bits per heavy atom. The molecule has 0 saturated heterocycles. The van der Waals surface area contributed by atoms with E-state index < -0.39 is 0 Å². The highest BCUT2D eigenvalue weighted by Crippen LogP contribution is 2.29. The van der Waals surface area contributed by atoms with Gasteiger partial charge in [0.2, 0.25) is 5.95 Å².